The fourth-order valence-corrected chi connectivity index (χ4v) is 2.44. The van der Waals surface area contributed by atoms with Gasteiger partial charge in [-0.1, -0.05) is 6.07 Å². The summed E-state index contributed by atoms with van der Waals surface area (Å²) < 4.78 is 5.49. The van der Waals surface area contributed by atoms with Gasteiger partial charge in [0.25, 0.3) is 11.6 Å². The summed E-state index contributed by atoms with van der Waals surface area (Å²) >= 11 is 0. The van der Waals surface area contributed by atoms with Crippen molar-refractivity contribution in [2.45, 2.75) is 26.1 Å². The first-order valence-corrected chi connectivity index (χ1v) is 6.73. The highest BCUT2D eigenvalue weighted by atomic mass is 16.6. The normalized spacial score (nSPS) is 22.1. The van der Waals surface area contributed by atoms with Crippen LogP contribution in [0.5, 0.6) is 0 Å². The van der Waals surface area contributed by atoms with E-state index in [2.05, 4.69) is 0 Å². The number of morpholine rings is 1. The molecule has 1 amide bonds. The number of non-ortho nitro benzene ring substituents is 1. The molecule has 0 bridgehead atoms. The molecule has 1 fully saturated rings. The first-order valence-electron chi connectivity index (χ1n) is 6.73. The smallest absolute Gasteiger partial charge is 0.270 e. The molecule has 0 aliphatic carbocycles. The van der Waals surface area contributed by atoms with Gasteiger partial charge in [0.15, 0.2) is 0 Å². The van der Waals surface area contributed by atoms with Crippen LogP contribution in [-0.4, -0.2) is 52.7 Å². The van der Waals surface area contributed by atoms with Crippen LogP contribution in [0, 0.1) is 17.0 Å². The van der Waals surface area contributed by atoms with Gasteiger partial charge in [-0.3, -0.25) is 14.9 Å². The minimum atomic E-state index is -0.519. The molecule has 2 atom stereocenters. The zero-order valence-electron chi connectivity index (χ0n) is 12.0. The molecule has 1 N–H and O–H groups in total. The lowest BCUT2D eigenvalue weighted by molar-refractivity contribution is -0.384. The Labute approximate surface area is 122 Å². The van der Waals surface area contributed by atoms with E-state index >= 15 is 0 Å². The summed E-state index contributed by atoms with van der Waals surface area (Å²) in [7, 11) is 0. The van der Waals surface area contributed by atoms with Crippen LogP contribution in [0.1, 0.15) is 22.8 Å². The number of ether oxygens (including phenoxy) is 1. The predicted molar refractivity (Wildman–Crippen MR) is 75.2 cm³/mol. The second kappa shape index (κ2) is 6.19. The van der Waals surface area contributed by atoms with Gasteiger partial charge in [-0.15, -0.1) is 0 Å². The molecule has 1 aliphatic heterocycles. The quantitative estimate of drug-likeness (QED) is 0.666. The van der Waals surface area contributed by atoms with E-state index in [0.717, 1.165) is 0 Å². The van der Waals surface area contributed by atoms with Gasteiger partial charge in [0.1, 0.15) is 0 Å². The van der Waals surface area contributed by atoms with Crippen LogP contribution in [0.4, 0.5) is 5.69 Å². The van der Waals surface area contributed by atoms with Crippen molar-refractivity contribution >= 4 is 11.6 Å². The Morgan fingerprint density at radius 1 is 1.52 bits per heavy atom. The highest BCUT2D eigenvalue weighted by Gasteiger charge is 2.29. The highest BCUT2D eigenvalue weighted by molar-refractivity contribution is 5.96. The fraction of sp³-hybridized carbons (Fsp3) is 0.500. The van der Waals surface area contributed by atoms with Crippen molar-refractivity contribution in [3.63, 3.8) is 0 Å². The Hall–Kier alpha value is -1.99. The molecule has 1 heterocycles. The first kappa shape index (κ1) is 15.4. The summed E-state index contributed by atoms with van der Waals surface area (Å²) in [5.41, 5.74) is 0.893. The molecule has 2 unspecified atom stereocenters. The van der Waals surface area contributed by atoms with E-state index in [1.165, 1.54) is 12.1 Å². The second-order valence-electron chi connectivity index (χ2n) is 5.22. The average Bonchev–Trinajstić information content (AvgIpc) is 2.46. The Morgan fingerprint density at radius 3 is 2.86 bits per heavy atom. The summed E-state index contributed by atoms with van der Waals surface area (Å²) in [6.07, 6.45) is -0.601. The minimum Gasteiger partial charge on any atom is -0.394 e. The highest BCUT2D eigenvalue weighted by Crippen LogP contribution is 2.21. The molecule has 1 aromatic rings. The largest absolute Gasteiger partial charge is 0.394 e. The van der Waals surface area contributed by atoms with Gasteiger partial charge in [0.05, 0.1) is 23.7 Å². The predicted octanol–water partition coefficient (Wildman–Crippen LogP) is 1.13. The van der Waals surface area contributed by atoms with Gasteiger partial charge >= 0.3 is 0 Å². The molecular formula is C14H18N2O5. The lowest BCUT2D eigenvalue weighted by Gasteiger charge is -2.36. The molecule has 1 aliphatic rings. The molecule has 1 aromatic carbocycles. The molecule has 2 rings (SSSR count). The van der Waals surface area contributed by atoms with Crippen molar-refractivity contribution in [3.05, 3.63) is 39.4 Å². The number of benzene rings is 1. The summed E-state index contributed by atoms with van der Waals surface area (Å²) in [6, 6.07) is 4.25. The number of hydrogen-bond donors (Lipinski definition) is 1. The maximum Gasteiger partial charge on any atom is 0.270 e. The minimum absolute atomic E-state index is 0.107. The van der Waals surface area contributed by atoms with Crippen LogP contribution in [0.15, 0.2) is 18.2 Å². The van der Waals surface area contributed by atoms with Crippen LogP contribution in [0.2, 0.25) is 0 Å². The molecule has 0 saturated carbocycles. The van der Waals surface area contributed by atoms with Crippen molar-refractivity contribution in [1.29, 1.82) is 0 Å². The first-order chi connectivity index (χ1) is 9.92. The third-order valence-corrected chi connectivity index (χ3v) is 3.48. The van der Waals surface area contributed by atoms with E-state index in [4.69, 9.17) is 4.74 Å². The third kappa shape index (κ3) is 3.37. The summed E-state index contributed by atoms with van der Waals surface area (Å²) in [5, 5.41) is 20.0. The molecule has 0 spiro atoms. The van der Waals surface area contributed by atoms with Crippen LogP contribution in [-0.2, 0) is 4.74 Å². The van der Waals surface area contributed by atoms with Crippen molar-refractivity contribution < 1.29 is 19.6 Å². The lowest BCUT2D eigenvalue weighted by Crippen LogP contribution is -2.50. The summed E-state index contributed by atoms with van der Waals surface area (Å²) in [4.78, 5) is 24.5. The number of aliphatic hydroxyl groups excluding tert-OH is 1. The molecular weight excluding hydrogens is 276 g/mol. The average molecular weight is 294 g/mol. The Bertz CT molecular complexity index is 560. The molecule has 0 radical (unpaired) electrons. The second-order valence-corrected chi connectivity index (χ2v) is 5.22. The molecule has 7 heteroatoms. The Kier molecular flexibility index (Phi) is 4.54. The summed E-state index contributed by atoms with van der Waals surface area (Å²) in [6.45, 7) is 4.08. The number of carbonyl (C=O) groups is 1. The Balaban J connectivity index is 2.26. The van der Waals surface area contributed by atoms with E-state index in [1.54, 1.807) is 17.9 Å². The van der Waals surface area contributed by atoms with E-state index in [1.807, 2.05) is 6.92 Å². The number of nitro benzene ring substituents is 1. The lowest BCUT2D eigenvalue weighted by atomic mass is 10.1. The molecule has 7 nitrogen and oxygen atoms in total. The van der Waals surface area contributed by atoms with Crippen LogP contribution in [0.3, 0.4) is 0 Å². The number of carbonyl (C=O) groups excluding carboxylic acids is 1. The van der Waals surface area contributed by atoms with Gasteiger partial charge in [0, 0.05) is 30.8 Å². The number of hydrogen-bond acceptors (Lipinski definition) is 5. The summed E-state index contributed by atoms with van der Waals surface area (Å²) in [5.74, 6) is -0.273. The number of nitrogens with zero attached hydrogens (tertiary/aromatic N) is 2. The van der Waals surface area contributed by atoms with E-state index in [9.17, 15) is 20.0 Å². The maximum atomic E-state index is 12.6. The molecule has 21 heavy (non-hydrogen) atoms. The SMILES string of the molecule is Cc1ccc([N+](=O)[O-])cc1C(=O)N1CC(C)OC(CO)C1. The van der Waals surface area contributed by atoms with E-state index in [-0.39, 0.29) is 30.9 Å². The standard InChI is InChI=1S/C14H18N2O5/c1-9-3-4-11(16(19)20)5-13(9)14(18)15-6-10(2)21-12(7-15)8-17/h3-5,10,12,17H,6-8H2,1-2H3. The monoisotopic (exact) mass is 294 g/mol. The number of amides is 1. The number of rotatable bonds is 3. The van der Waals surface area contributed by atoms with Gasteiger partial charge in [-0.25, -0.2) is 0 Å². The number of aliphatic hydroxyl groups is 1. The zero-order chi connectivity index (χ0) is 15.6. The topological polar surface area (TPSA) is 92.9 Å². The van der Waals surface area contributed by atoms with Gasteiger partial charge in [-0.2, -0.15) is 0 Å². The van der Waals surface area contributed by atoms with Crippen LogP contribution in [0.25, 0.3) is 0 Å². The van der Waals surface area contributed by atoms with Crippen LogP contribution < -0.4 is 0 Å². The van der Waals surface area contributed by atoms with Crippen molar-refractivity contribution in [2.24, 2.45) is 0 Å². The van der Waals surface area contributed by atoms with Gasteiger partial charge in [-0.05, 0) is 19.4 Å². The van der Waals surface area contributed by atoms with E-state index < -0.39 is 11.0 Å². The van der Waals surface area contributed by atoms with Crippen molar-refractivity contribution in [3.8, 4) is 0 Å². The van der Waals surface area contributed by atoms with Gasteiger partial charge in [0.2, 0.25) is 0 Å². The molecule has 0 aromatic heterocycles. The fourth-order valence-electron chi connectivity index (χ4n) is 2.44. The van der Waals surface area contributed by atoms with E-state index in [0.29, 0.717) is 17.7 Å². The zero-order valence-corrected chi connectivity index (χ0v) is 12.0. The van der Waals surface area contributed by atoms with Crippen molar-refractivity contribution in [2.75, 3.05) is 19.7 Å². The van der Waals surface area contributed by atoms with Crippen LogP contribution >= 0.6 is 0 Å². The molecule has 114 valence electrons. The number of nitro groups is 1. The van der Waals surface area contributed by atoms with Gasteiger partial charge < -0.3 is 14.7 Å². The number of aryl methyl sites for hydroxylation is 1. The Morgan fingerprint density at radius 2 is 2.24 bits per heavy atom. The molecule has 1 saturated heterocycles. The van der Waals surface area contributed by atoms with Crippen molar-refractivity contribution in [1.82, 2.24) is 4.90 Å². The maximum absolute atomic E-state index is 12.6. The third-order valence-electron chi connectivity index (χ3n) is 3.48.